The van der Waals surface area contributed by atoms with Crippen LogP contribution in [-0.4, -0.2) is 30.1 Å². The minimum Gasteiger partial charge on any atom is -0.378 e. The van der Waals surface area contributed by atoms with E-state index in [0.29, 0.717) is 19.4 Å². The summed E-state index contributed by atoms with van der Waals surface area (Å²) in [5, 5.41) is 12.9. The fourth-order valence-electron chi connectivity index (χ4n) is 1.97. The van der Waals surface area contributed by atoms with Gasteiger partial charge in [-0.2, -0.15) is 0 Å². The third kappa shape index (κ3) is 1.29. The second-order valence-corrected chi connectivity index (χ2v) is 3.67. The summed E-state index contributed by atoms with van der Waals surface area (Å²) < 4.78 is 5.37. The number of ether oxygens (including phenoxy) is 1. The number of amidine groups is 1. The fourth-order valence-corrected chi connectivity index (χ4v) is 1.97. The van der Waals surface area contributed by atoms with Crippen LogP contribution in [0.1, 0.15) is 19.8 Å². The van der Waals surface area contributed by atoms with Crippen LogP contribution in [0.5, 0.6) is 0 Å². The van der Waals surface area contributed by atoms with E-state index in [1.807, 2.05) is 6.92 Å². The van der Waals surface area contributed by atoms with Crippen molar-refractivity contribution in [1.29, 1.82) is 5.41 Å². The largest absolute Gasteiger partial charge is 0.378 e. The zero-order chi connectivity index (χ0) is 9.47. The number of carbonyl (C=O) groups excluding carboxylic acids is 1. The van der Waals surface area contributed by atoms with Crippen LogP contribution >= 0.6 is 0 Å². The molecule has 2 rings (SSSR count). The van der Waals surface area contributed by atoms with Crippen molar-refractivity contribution in [3.8, 4) is 0 Å². The minimum absolute atomic E-state index is 0.106. The molecule has 0 aromatic heterocycles. The van der Waals surface area contributed by atoms with Gasteiger partial charge in [0, 0.05) is 19.4 Å². The van der Waals surface area contributed by atoms with E-state index < -0.39 is 5.54 Å². The molecule has 0 aromatic rings. The average Bonchev–Trinajstić information content (AvgIpc) is 2.26. The molecule has 2 heterocycles. The molecular weight excluding hydrogens is 170 g/mol. The first kappa shape index (κ1) is 8.50. The van der Waals surface area contributed by atoms with Crippen LogP contribution in [0.15, 0.2) is 0 Å². The Morgan fingerprint density at radius 2 is 2.46 bits per heavy atom. The quantitative estimate of drug-likeness (QED) is 0.502. The molecule has 2 amide bonds. The van der Waals surface area contributed by atoms with Crippen molar-refractivity contribution in [3.63, 3.8) is 0 Å². The summed E-state index contributed by atoms with van der Waals surface area (Å²) in [6.07, 6.45) is 1.48. The van der Waals surface area contributed by atoms with Crippen molar-refractivity contribution >= 4 is 11.9 Å². The molecular formula is C8H13N3O2. The van der Waals surface area contributed by atoms with E-state index in [1.165, 1.54) is 0 Å². The van der Waals surface area contributed by atoms with E-state index in [9.17, 15) is 4.79 Å². The second-order valence-electron chi connectivity index (χ2n) is 3.67. The molecule has 0 radical (unpaired) electrons. The van der Waals surface area contributed by atoms with E-state index in [-0.39, 0.29) is 18.0 Å². The average molecular weight is 183 g/mol. The summed E-state index contributed by atoms with van der Waals surface area (Å²) in [5.41, 5.74) is -0.477. The highest BCUT2D eigenvalue weighted by Gasteiger charge is 2.45. The van der Waals surface area contributed by atoms with Gasteiger partial charge in [0.1, 0.15) is 11.4 Å². The first-order valence-electron chi connectivity index (χ1n) is 4.42. The van der Waals surface area contributed by atoms with Gasteiger partial charge in [0.15, 0.2) is 0 Å². The number of rotatable bonds is 0. The van der Waals surface area contributed by atoms with Crippen molar-refractivity contribution in [2.75, 3.05) is 6.61 Å². The van der Waals surface area contributed by atoms with E-state index >= 15 is 0 Å². The van der Waals surface area contributed by atoms with Crippen LogP contribution in [-0.2, 0) is 4.74 Å². The lowest BCUT2D eigenvalue weighted by molar-refractivity contribution is 0.00423. The Balaban J connectivity index is 2.19. The molecule has 2 aliphatic rings. The van der Waals surface area contributed by atoms with E-state index in [4.69, 9.17) is 10.1 Å². The number of hydrogen-bond acceptors (Lipinski definition) is 3. The number of urea groups is 1. The lowest BCUT2D eigenvalue weighted by Crippen LogP contribution is -2.52. The molecule has 13 heavy (non-hydrogen) atoms. The molecule has 0 aliphatic carbocycles. The zero-order valence-electron chi connectivity index (χ0n) is 7.52. The predicted molar refractivity (Wildman–Crippen MR) is 46.8 cm³/mol. The van der Waals surface area contributed by atoms with Gasteiger partial charge in [-0.1, -0.05) is 0 Å². The molecule has 5 nitrogen and oxygen atoms in total. The van der Waals surface area contributed by atoms with Crippen LogP contribution in [0.25, 0.3) is 0 Å². The summed E-state index contributed by atoms with van der Waals surface area (Å²) in [6, 6.07) is -0.265. The molecule has 0 aromatic carbocycles. The van der Waals surface area contributed by atoms with Crippen LogP contribution in [0.2, 0.25) is 0 Å². The third-order valence-corrected chi connectivity index (χ3v) is 2.64. The van der Waals surface area contributed by atoms with Gasteiger partial charge < -0.3 is 10.1 Å². The number of nitrogens with one attached hydrogen (secondary N) is 3. The van der Waals surface area contributed by atoms with Gasteiger partial charge in [-0.15, -0.1) is 0 Å². The summed E-state index contributed by atoms with van der Waals surface area (Å²) >= 11 is 0. The molecule has 0 bridgehead atoms. The number of carbonyl (C=O) groups is 1. The molecule has 3 N–H and O–H groups in total. The number of hydrogen-bond donors (Lipinski definition) is 3. The Bertz CT molecular complexity index is 266. The topological polar surface area (TPSA) is 74.2 Å². The summed E-state index contributed by atoms with van der Waals surface area (Å²) in [4.78, 5) is 11.0. The summed E-state index contributed by atoms with van der Waals surface area (Å²) in [6.45, 7) is 2.56. The predicted octanol–water partition coefficient (Wildman–Crippen LogP) is 0.214. The Morgan fingerprint density at radius 1 is 1.69 bits per heavy atom. The first-order chi connectivity index (χ1) is 6.12. The Kier molecular flexibility index (Phi) is 1.76. The Labute approximate surface area is 76.3 Å². The summed E-state index contributed by atoms with van der Waals surface area (Å²) in [5.74, 6) is 0.285. The monoisotopic (exact) mass is 183 g/mol. The van der Waals surface area contributed by atoms with Crippen molar-refractivity contribution in [2.24, 2.45) is 0 Å². The highest BCUT2D eigenvalue weighted by molar-refractivity contribution is 6.08. The van der Waals surface area contributed by atoms with Crippen molar-refractivity contribution < 1.29 is 9.53 Å². The molecule has 2 atom stereocenters. The van der Waals surface area contributed by atoms with Crippen LogP contribution in [0.4, 0.5) is 4.79 Å². The zero-order valence-corrected chi connectivity index (χ0v) is 7.52. The van der Waals surface area contributed by atoms with Gasteiger partial charge in [-0.05, 0) is 6.92 Å². The highest BCUT2D eigenvalue weighted by atomic mass is 16.5. The standard InChI is InChI=1S/C8H13N3O2/c1-5-4-8(2-3-13-5)6(9)10-7(12)11-8/h5H,2-4H2,1H3,(H3,9,10,11,12). The lowest BCUT2D eigenvalue weighted by atomic mass is 9.87. The van der Waals surface area contributed by atoms with Crippen molar-refractivity contribution in [2.45, 2.75) is 31.4 Å². The smallest absolute Gasteiger partial charge is 0.321 e. The van der Waals surface area contributed by atoms with Crippen LogP contribution in [0, 0.1) is 5.41 Å². The van der Waals surface area contributed by atoms with Crippen molar-refractivity contribution in [3.05, 3.63) is 0 Å². The van der Waals surface area contributed by atoms with Gasteiger partial charge in [-0.3, -0.25) is 10.7 Å². The first-order valence-corrected chi connectivity index (χ1v) is 4.42. The maximum absolute atomic E-state index is 11.0. The van der Waals surface area contributed by atoms with Gasteiger partial charge in [0.05, 0.1) is 6.10 Å². The SMILES string of the molecule is CC1CC2(CCO1)NC(=O)NC2=N. The molecule has 2 aliphatic heterocycles. The molecule has 2 saturated heterocycles. The van der Waals surface area contributed by atoms with E-state index in [1.54, 1.807) is 0 Å². The maximum Gasteiger partial charge on any atom is 0.321 e. The van der Waals surface area contributed by atoms with Gasteiger partial charge >= 0.3 is 6.03 Å². The fraction of sp³-hybridized carbons (Fsp3) is 0.750. The van der Waals surface area contributed by atoms with Crippen molar-refractivity contribution in [1.82, 2.24) is 10.6 Å². The van der Waals surface area contributed by atoms with Crippen LogP contribution in [0.3, 0.4) is 0 Å². The summed E-state index contributed by atoms with van der Waals surface area (Å²) in [7, 11) is 0. The van der Waals surface area contributed by atoms with Crippen LogP contribution < -0.4 is 10.6 Å². The number of amides is 2. The van der Waals surface area contributed by atoms with Gasteiger partial charge in [-0.25, -0.2) is 4.79 Å². The molecule has 2 unspecified atom stereocenters. The van der Waals surface area contributed by atoms with Gasteiger partial charge in [0.25, 0.3) is 0 Å². The molecule has 0 saturated carbocycles. The lowest BCUT2D eigenvalue weighted by Gasteiger charge is -2.35. The molecule has 1 spiro atoms. The molecule has 72 valence electrons. The van der Waals surface area contributed by atoms with Gasteiger partial charge in [0.2, 0.25) is 0 Å². The normalized spacial score (nSPS) is 39.0. The maximum atomic E-state index is 11.0. The Hall–Kier alpha value is -1.10. The molecule has 2 fully saturated rings. The highest BCUT2D eigenvalue weighted by Crippen LogP contribution is 2.27. The Morgan fingerprint density at radius 3 is 3.00 bits per heavy atom. The van der Waals surface area contributed by atoms with E-state index in [0.717, 1.165) is 0 Å². The second kappa shape index (κ2) is 2.70. The van der Waals surface area contributed by atoms with E-state index in [2.05, 4.69) is 10.6 Å². The minimum atomic E-state index is -0.477. The third-order valence-electron chi connectivity index (χ3n) is 2.64. The molecule has 5 heteroatoms.